The van der Waals surface area contributed by atoms with E-state index in [0.717, 1.165) is 9.87 Å². The largest absolute Gasteiger partial charge is 0.480 e. The molecule has 0 aromatic heterocycles. The van der Waals surface area contributed by atoms with Crippen LogP contribution in [-0.2, 0) is 24.3 Å². The molecular weight excluding hydrogens is 334 g/mol. The summed E-state index contributed by atoms with van der Waals surface area (Å²) in [6.07, 6.45) is 0.200. The summed E-state index contributed by atoms with van der Waals surface area (Å²) < 4.78 is 31.4. The lowest BCUT2D eigenvalue weighted by atomic mass is 9.97. The van der Waals surface area contributed by atoms with E-state index in [1.165, 1.54) is 12.1 Å². The minimum atomic E-state index is -3.93. The van der Waals surface area contributed by atoms with E-state index in [0.29, 0.717) is 6.42 Å². The van der Waals surface area contributed by atoms with Crippen LogP contribution in [0, 0.1) is 12.8 Å². The number of ether oxygens (including phenoxy) is 1. The molecule has 1 aliphatic heterocycles. The summed E-state index contributed by atoms with van der Waals surface area (Å²) in [5, 5.41) is 9.49. The standard InChI is InChI=1S/C16H21NO6S/c1-3-23-14(18)10-12-8-9-17(15(12)16(19)20)24(21,22)13-6-4-11(2)5-7-13/h4-7,12,15H,3,8-10H2,1-2H3,(H,19,20). The minimum absolute atomic E-state index is 0.0520. The van der Waals surface area contributed by atoms with E-state index in [1.807, 2.05) is 6.92 Å². The summed E-state index contributed by atoms with van der Waals surface area (Å²) in [5.74, 6) is -2.36. The Kier molecular flexibility index (Phi) is 5.61. The van der Waals surface area contributed by atoms with E-state index in [2.05, 4.69) is 0 Å². The van der Waals surface area contributed by atoms with Crippen LogP contribution in [0.2, 0.25) is 0 Å². The molecular formula is C16H21NO6S. The highest BCUT2D eigenvalue weighted by Crippen LogP contribution is 2.33. The van der Waals surface area contributed by atoms with E-state index >= 15 is 0 Å². The predicted octanol–water partition coefficient (Wildman–Crippen LogP) is 1.41. The van der Waals surface area contributed by atoms with Gasteiger partial charge in [-0.1, -0.05) is 17.7 Å². The molecule has 1 aliphatic rings. The fourth-order valence-electron chi connectivity index (χ4n) is 2.91. The quantitative estimate of drug-likeness (QED) is 0.774. The van der Waals surface area contributed by atoms with Crippen LogP contribution >= 0.6 is 0 Å². The lowest BCUT2D eigenvalue weighted by Crippen LogP contribution is -2.43. The third-order valence-electron chi connectivity index (χ3n) is 4.09. The molecule has 2 atom stereocenters. The zero-order valence-corrected chi connectivity index (χ0v) is 14.5. The molecule has 24 heavy (non-hydrogen) atoms. The molecule has 0 radical (unpaired) electrons. The highest BCUT2D eigenvalue weighted by molar-refractivity contribution is 7.89. The molecule has 0 spiro atoms. The number of benzene rings is 1. The van der Waals surface area contributed by atoms with Crippen molar-refractivity contribution in [3.63, 3.8) is 0 Å². The molecule has 1 N–H and O–H groups in total. The first-order valence-electron chi connectivity index (χ1n) is 7.74. The van der Waals surface area contributed by atoms with Crippen molar-refractivity contribution >= 4 is 22.0 Å². The van der Waals surface area contributed by atoms with Gasteiger partial charge in [-0.25, -0.2) is 8.42 Å². The Labute approximate surface area is 141 Å². The van der Waals surface area contributed by atoms with Gasteiger partial charge in [-0.3, -0.25) is 9.59 Å². The predicted molar refractivity (Wildman–Crippen MR) is 85.9 cm³/mol. The van der Waals surface area contributed by atoms with Crippen molar-refractivity contribution in [2.75, 3.05) is 13.2 Å². The average molecular weight is 355 g/mol. The molecule has 2 rings (SSSR count). The Hall–Kier alpha value is -1.93. The number of sulfonamides is 1. The SMILES string of the molecule is CCOC(=O)CC1CCN(S(=O)(=O)c2ccc(C)cc2)C1C(=O)O. The fraction of sp³-hybridized carbons (Fsp3) is 0.500. The van der Waals surface area contributed by atoms with Crippen LogP contribution in [-0.4, -0.2) is 49.0 Å². The van der Waals surface area contributed by atoms with Crippen molar-refractivity contribution in [3.05, 3.63) is 29.8 Å². The minimum Gasteiger partial charge on any atom is -0.480 e. The molecule has 1 aromatic carbocycles. The van der Waals surface area contributed by atoms with Crippen LogP contribution in [0.25, 0.3) is 0 Å². The number of carbonyl (C=O) groups excluding carboxylic acids is 1. The topological polar surface area (TPSA) is 101 Å². The zero-order valence-electron chi connectivity index (χ0n) is 13.6. The first kappa shape index (κ1) is 18.4. The van der Waals surface area contributed by atoms with Gasteiger partial charge in [-0.2, -0.15) is 4.31 Å². The number of rotatable bonds is 6. The van der Waals surface area contributed by atoms with Gasteiger partial charge in [0.2, 0.25) is 10.0 Å². The molecule has 0 saturated carbocycles. The molecule has 2 unspecified atom stereocenters. The van der Waals surface area contributed by atoms with Crippen LogP contribution < -0.4 is 0 Å². The van der Waals surface area contributed by atoms with Crippen molar-refractivity contribution in [2.24, 2.45) is 5.92 Å². The molecule has 7 nitrogen and oxygen atoms in total. The van der Waals surface area contributed by atoms with Crippen molar-refractivity contribution in [3.8, 4) is 0 Å². The average Bonchev–Trinajstić information content (AvgIpc) is 2.92. The van der Waals surface area contributed by atoms with Gasteiger partial charge in [0, 0.05) is 6.54 Å². The maximum atomic E-state index is 12.8. The first-order valence-corrected chi connectivity index (χ1v) is 9.18. The lowest BCUT2D eigenvalue weighted by molar-refractivity contribution is -0.146. The van der Waals surface area contributed by atoms with E-state index < -0.39 is 33.9 Å². The molecule has 1 saturated heterocycles. The van der Waals surface area contributed by atoms with E-state index in [-0.39, 0.29) is 24.5 Å². The summed E-state index contributed by atoms with van der Waals surface area (Å²) in [7, 11) is -3.93. The third kappa shape index (κ3) is 3.76. The van der Waals surface area contributed by atoms with Gasteiger partial charge in [0.25, 0.3) is 0 Å². The second-order valence-corrected chi connectivity index (χ2v) is 7.66. The maximum Gasteiger partial charge on any atom is 0.322 e. The van der Waals surface area contributed by atoms with Crippen LogP contribution in [0.4, 0.5) is 0 Å². The molecule has 0 bridgehead atoms. The zero-order chi connectivity index (χ0) is 17.9. The van der Waals surface area contributed by atoms with Crippen LogP contribution in [0.15, 0.2) is 29.2 Å². The van der Waals surface area contributed by atoms with Crippen LogP contribution in [0.1, 0.15) is 25.3 Å². The Morgan fingerprint density at radius 1 is 1.29 bits per heavy atom. The molecule has 1 heterocycles. The van der Waals surface area contributed by atoms with Crippen LogP contribution in [0.3, 0.4) is 0 Å². The van der Waals surface area contributed by atoms with Crippen molar-refractivity contribution in [2.45, 2.75) is 37.6 Å². The number of aliphatic carboxylic acids is 1. The first-order chi connectivity index (χ1) is 11.3. The smallest absolute Gasteiger partial charge is 0.322 e. The van der Waals surface area contributed by atoms with Gasteiger partial charge in [-0.05, 0) is 38.3 Å². The number of aryl methyl sites for hydroxylation is 1. The second-order valence-electron chi connectivity index (χ2n) is 5.77. The summed E-state index contributed by atoms with van der Waals surface area (Å²) in [4.78, 5) is 23.3. The number of carbonyl (C=O) groups is 2. The van der Waals surface area contributed by atoms with E-state index in [9.17, 15) is 23.1 Å². The second kappa shape index (κ2) is 7.31. The summed E-state index contributed by atoms with van der Waals surface area (Å²) in [6, 6.07) is 4.98. The van der Waals surface area contributed by atoms with Crippen molar-refractivity contribution in [1.29, 1.82) is 0 Å². The molecule has 132 valence electrons. The number of nitrogens with zero attached hydrogens (tertiary/aromatic N) is 1. The van der Waals surface area contributed by atoms with Crippen molar-refractivity contribution < 1.29 is 27.9 Å². The Morgan fingerprint density at radius 3 is 2.46 bits per heavy atom. The third-order valence-corrected chi connectivity index (χ3v) is 5.99. The molecule has 8 heteroatoms. The highest BCUT2D eigenvalue weighted by Gasteiger charge is 2.46. The number of hydrogen-bond acceptors (Lipinski definition) is 5. The summed E-state index contributed by atoms with van der Waals surface area (Å²) in [6.45, 7) is 3.77. The monoisotopic (exact) mass is 355 g/mol. The maximum absolute atomic E-state index is 12.8. The van der Waals surface area contributed by atoms with Gasteiger partial charge in [0.1, 0.15) is 6.04 Å². The van der Waals surface area contributed by atoms with Gasteiger partial charge in [-0.15, -0.1) is 0 Å². The number of esters is 1. The Balaban J connectivity index is 2.27. The van der Waals surface area contributed by atoms with Gasteiger partial charge < -0.3 is 9.84 Å². The Bertz CT molecular complexity index is 713. The van der Waals surface area contributed by atoms with Crippen LogP contribution in [0.5, 0.6) is 0 Å². The van der Waals surface area contributed by atoms with Gasteiger partial charge >= 0.3 is 11.9 Å². The van der Waals surface area contributed by atoms with E-state index in [4.69, 9.17) is 4.74 Å². The van der Waals surface area contributed by atoms with Crippen molar-refractivity contribution in [1.82, 2.24) is 4.31 Å². The number of hydrogen-bond donors (Lipinski definition) is 1. The normalized spacial score (nSPS) is 21.6. The molecule has 1 fully saturated rings. The molecule has 0 amide bonds. The fourth-order valence-corrected chi connectivity index (χ4v) is 4.57. The summed E-state index contributed by atoms with van der Waals surface area (Å²) >= 11 is 0. The Morgan fingerprint density at radius 2 is 1.92 bits per heavy atom. The highest BCUT2D eigenvalue weighted by atomic mass is 32.2. The van der Waals surface area contributed by atoms with E-state index in [1.54, 1.807) is 19.1 Å². The van der Waals surface area contributed by atoms with Gasteiger partial charge in [0.05, 0.1) is 17.9 Å². The number of carboxylic acid groups (broad SMARTS) is 1. The molecule has 0 aliphatic carbocycles. The lowest BCUT2D eigenvalue weighted by Gasteiger charge is -2.24. The molecule has 1 aromatic rings. The van der Waals surface area contributed by atoms with Gasteiger partial charge in [0.15, 0.2) is 0 Å². The number of carboxylic acids is 1. The summed E-state index contributed by atoms with van der Waals surface area (Å²) in [5.41, 5.74) is 0.908.